The number of nitrogens with one attached hydrogen (secondary N) is 1. The first-order chi connectivity index (χ1) is 7.83. The first kappa shape index (κ1) is 10.1. The zero-order valence-corrected chi connectivity index (χ0v) is 10.2. The van der Waals surface area contributed by atoms with Crippen molar-refractivity contribution in [1.29, 1.82) is 0 Å². The highest BCUT2D eigenvalue weighted by Gasteiger charge is 2.09. The van der Waals surface area contributed by atoms with Gasteiger partial charge < -0.3 is 0 Å². The van der Waals surface area contributed by atoms with Gasteiger partial charge in [-0.05, 0) is 23.9 Å². The van der Waals surface area contributed by atoms with Crippen molar-refractivity contribution < 1.29 is 0 Å². The standard InChI is InChI=1S/C9H5ClN4S2/c10-5-2-1-3-6-7(5)13-9(15-6)16-8-11-4-12-14-8/h1-4H,(H,11,12,14). The zero-order valence-electron chi connectivity index (χ0n) is 7.85. The molecule has 0 aliphatic rings. The van der Waals surface area contributed by atoms with E-state index < -0.39 is 0 Å². The Morgan fingerprint density at radius 2 is 2.31 bits per heavy atom. The van der Waals surface area contributed by atoms with E-state index in [4.69, 9.17) is 11.6 Å². The lowest BCUT2D eigenvalue weighted by Crippen LogP contribution is -1.75. The lowest BCUT2D eigenvalue weighted by molar-refractivity contribution is 0.972. The third-order valence-corrected chi connectivity index (χ3v) is 4.20. The van der Waals surface area contributed by atoms with E-state index in [9.17, 15) is 0 Å². The Hall–Kier alpha value is -1.11. The molecular formula is C9H5ClN4S2. The number of rotatable bonds is 2. The largest absolute Gasteiger partial charge is 0.254 e. The monoisotopic (exact) mass is 268 g/mol. The molecule has 0 unspecified atom stereocenters. The number of hydrogen-bond acceptors (Lipinski definition) is 5. The fraction of sp³-hybridized carbons (Fsp3) is 0. The fourth-order valence-electron chi connectivity index (χ4n) is 1.26. The lowest BCUT2D eigenvalue weighted by atomic mass is 10.3. The van der Waals surface area contributed by atoms with Crippen LogP contribution in [0.5, 0.6) is 0 Å². The molecule has 1 aromatic carbocycles. The van der Waals surface area contributed by atoms with Crippen molar-refractivity contribution >= 4 is 44.9 Å². The molecular weight excluding hydrogens is 264 g/mol. The fourth-order valence-corrected chi connectivity index (χ4v) is 3.43. The molecule has 0 amide bonds. The third-order valence-electron chi connectivity index (χ3n) is 1.93. The van der Waals surface area contributed by atoms with E-state index in [2.05, 4.69) is 20.2 Å². The average molecular weight is 269 g/mol. The summed E-state index contributed by atoms with van der Waals surface area (Å²) >= 11 is 9.09. The second kappa shape index (κ2) is 4.04. The summed E-state index contributed by atoms with van der Waals surface area (Å²) in [4.78, 5) is 8.48. The number of fused-ring (bicyclic) bond motifs is 1. The second-order valence-electron chi connectivity index (χ2n) is 2.96. The average Bonchev–Trinajstić information content (AvgIpc) is 2.88. The van der Waals surface area contributed by atoms with Crippen molar-refractivity contribution in [1.82, 2.24) is 20.2 Å². The molecule has 2 aromatic heterocycles. The number of halogens is 1. The minimum absolute atomic E-state index is 0.679. The van der Waals surface area contributed by atoms with E-state index in [1.807, 2.05) is 18.2 Å². The maximum Gasteiger partial charge on any atom is 0.190 e. The van der Waals surface area contributed by atoms with E-state index in [0.29, 0.717) is 5.02 Å². The number of aromatic nitrogens is 4. The van der Waals surface area contributed by atoms with Crippen molar-refractivity contribution in [3.8, 4) is 0 Å². The number of nitrogens with zero attached hydrogens (tertiary/aromatic N) is 3. The minimum atomic E-state index is 0.679. The van der Waals surface area contributed by atoms with E-state index in [0.717, 1.165) is 19.7 Å². The van der Waals surface area contributed by atoms with Crippen LogP contribution in [0.25, 0.3) is 10.2 Å². The van der Waals surface area contributed by atoms with Gasteiger partial charge in [-0.25, -0.2) is 9.97 Å². The van der Waals surface area contributed by atoms with Crippen LogP contribution in [0.15, 0.2) is 34.0 Å². The van der Waals surface area contributed by atoms with E-state index >= 15 is 0 Å². The van der Waals surface area contributed by atoms with Crippen molar-refractivity contribution in [3.05, 3.63) is 29.5 Å². The van der Waals surface area contributed by atoms with Gasteiger partial charge in [-0.1, -0.05) is 17.7 Å². The highest BCUT2D eigenvalue weighted by atomic mass is 35.5. The van der Waals surface area contributed by atoms with Gasteiger partial charge >= 0.3 is 0 Å². The Balaban J connectivity index is 2.02. The predicted octanol–water partition coefficient (Wildman–Crippen LogP) is 3.22. The topological polar surface area (TPSA) is 54.5 Å². The molecule has 0 fully saturated rings. The van der Waals surface area contributed by atoms with Crippen molar-refractivity contribution in [2.24, 2.45) is 0 Å². The van der Waals surface area contributed by atoms with E-state index in [1.54, 1.807) is 11.3 Å². The van der Waals surface area contributed by atoms with Crippen molar-refractivity contribution in [3.63, 3.8) is 0 Å². The number of aromatic amines is 1. The van der Waals surface area contributed by atoms with Gasteiger partial charge in [-0.3, -0.25) is 5.10 Å². The smallest absolute Gasteiger partial charge is 0.190 e. The number of H-pyrrole nitrogens is 1. The van der Waals surface area contributed by atoms with Gasteiger partial charge in [0.25, 0.3) is 0 Å². The summed E-state index contributed by atoms with van der Waals surface area (Å²) in [5.41, 5.74) is 0.844. The van der Waals surface area contributed by atoms with E-state index in [1.165, 1.54) is 18.1 Å². The number of para-hydroxylation sites is 1. The van der Waals surface area contributed by atoms with Gasteiger partial charge in [0.05, 0.1) is 9.72 Å². The number of thiazole rings is 1. The van der Waals surface area contributed by atoms with Gasteiger partial charge in [-0.15, -0.1) is 11.3 Å². The Kier molecular flexibility index (Phi) is 2.55. The summed E-state index contributed by atoms with van der Waals surface area (Å²) < 4.78 is 1.98. The molecule has 80 valence electrons. The zero-order chi connectivity index (χ0) is 11.0. The summed E-state index contributed by atoms with van der Waals surface area (Å²) in [5, 5.41) is 7.97. The molecule has 0 radical (unpaired) electrons. The summed E-state index contributed by atoms with van der Waals surface area (Å²) in [6, 6.07) is 5.77. The van der Waals surface area contributed by atoms with Crippen molar-refractivity contribution in [2.75, 3.05) is 0 Å². The molecule has 0 saturated carbocycles. The van der Waals surface area contributed by atoms with Crippen LogP contribution in [0.4, 0.5) is 0 Å². The van der Waals surface area contributed by atoms with Crippen LogP contribution in [-0.2, 0) is 0 Å². The molecule has 0 aliphatic heterocycles. The Morgan fingerprint density at radius 3 is 3.06 bits per heavy atom. The summed E-state index contributed by atoms with van der Waals surface area (Å²) in [6.07, 6.45) is 1.47. The van der Waals surface area contributed by atoms with Crippen LogP contribution in [0.2, 0.25) is 5.02 Å². The SMILES string of the molecule is Clc1cccc2sc(Sc3ncn[nH]3)nc12. The highest BCUT2D eigenvalue weighted by molar-refractivity contribution is 8.01. The van der Waals surface area contributed by atoms with E-state index in [-0.39, 0.29) is 0 Å². The molecule has 1 N–H and O–H groups in total. The number of benzene rings is 1. The molecule has 0 spiro atoms. The van der Waals surface area contributed by atoms with Crippen LogP contribution < -0.4 is 0 Å². The van der Waals surface area contributed by atoms with Crippen LogP contribution in [0.3, 0.4) is 0 Å². The summed E-state index contributed by atoms with van der Waals surface area (Å²) in [7, 11) is 0. The van der Waals surface area contributed by atoms with Crippen LogP contribution in [0, 0.1) is 0 Å². The Labute approximate surface area is 104 Å². The molecule has 0 saturated heterocycles. The molecule has 2 heterocycles. The number of hydrogen-bond donors (Lipinski definition) is 1. The first-order valence-corrected chi connectivity index (χ1v) is 6.42. The van der Waals surface area contributed by atoms with Gasteiger partial charge in [0.1, 0.15) is 11.8 Å². The molecule has 16 heavy (non-hydrogen) atoms. The maximum absolute atomic E-state index is 6.05. The quantitative estimate of drug-likeness (QED) is 0.775. The summed E-state index contributed by atoms with van der Waals surface area (Å²) in [5.74, 6) is 0. The molecule has 0 aliphatic carbocycles. The van der Waals surface area contributed by atoms with Gasteiger partial charge in [0.2, 0.25) is 0 Å². The molecule has 3 rings (SSSR count). The Morgan fingerprint density at radius 1 is 1.38 bits per heavy atom. The molecule has 0 bridgehead atoms. The third kappa shape index (κ3) is 1.79. The lowest BCUT2D eigenvalue weighted by Gasteiger charge is -1.88. The van der Waals surface area contributed by atoms with Gasteiger partial charge in [-0.2, -0.15) is 5.10 Å². The molecule has 3 aromatic rings. The van der Waals surface area contributed by atoms with Crippen molar-refractivity contribution in [2.45, 2.75) is 9.50 Å². The van der Waals surface area contributed by atoms with Crippen LogP contribution >= 0.6 is 34.7 Å². The molecule has 0 atom stereocenters. The first-order valence-electron chi connectivity index (χ1n) is 4.41. The molecule has 4 nitrogen and oxygen atoms in total. The summed E-state index contributed by atoms with van der Waals surface area (Å²) in [6.45, 7) is 0. The van der Waals surface area contributed by atoms with Crippen LogP contribution in [0.1, 0.15) is 0 Å². The second-order valence-corrected chi connectivity index (χ2v) is 5.63. The Bertz CT molecular complexity index is 620. The minimum Gasteiger partial charge on any atom is -0.254 e. The van der Waals surface area contributed by atoms with Gasteiger partial charge in [0.15, 0.2) is 9.50 Å². The highest BCUT2D eigenvalue weighted by Crippen LogP contribution is 2.34. The maximum atomic E-state index is 6.05. The molecule has 7 heteroatoms. The van der Waals surface area contributed by atoms with Gasteiger partial charge in [0, 0.05) is 0 Å². The van der Waals surface area contributed by atoms with Crippen LogP contribution in [-0.4, -0.2) is 20.2 Å². The predicted molar refractivity (Wildman–Crippen MR) is 65.1 cm³/mol. The normalized spacial score (nSPS) is 11.1.